The Bertz CT molecular complexity index is 757. The van der Waals surface area contributed by atoms with Gasteiger partial charge in [-0.25, -0.2) is 9.37 Å². The molecule has 27 heavy (non-hydrogen) atoms. The molecule has 0 amide bonds. The summed E-state index contributed by atoms with van der Waals surface area (Å²) >= 11 is 0. The van der Waals surface area contributed by atoms with Crippen LogP contribution in [-0.2, 0) is 0 Å². The zero-order valence-electron chi connectivity index (χ0n) is 15.4. The van der Waals surface area contributed by atoms with Gasteiger partial charge in [0.1, 0.15) is 18.0 Å². The highest BCUT2D eigenvalue weighted by Gasteiger charge is 2.41. The Morgan fingerprint density at radius 2 is 2.11 bits per heavy atom. The van der Waals surface area contributed by atoms with E-state index in [1.165, 1.54) is 0 Å². The van der Waals surface area contributed by atoms with Gasteiger partial charge in [0.2, 0.25) is 0 Å². The minimum atomic E-state index is -0.108. The van der Waals surface area contributed by atoms with Crippen molar-refractivity contribution in [3.8, 4) is 0 Å². The van der Waals surface area contributed by atoms with E-state index in [9.17, 15) is 4.39 Å². The summed E-state index contributed by atoms with van der Waals surface area (Å²) in [5, 5.41) is 10.5. The van der Waals surface area contributed by atoms with Gasteiger partial charge in [-0.3, -0.25) is 10.1 Å². The van der Waals surface area contributed by atoms with Crippen LogP contribution in [0.5, 0.6) is 0 Å². The summed E-state index contributed by atoms with van der Waals surface area (Å²) in [5.41, 5.74) is 0.810. The van der Waals surface area contributed by atoms with Crippen molar-refractivity contribution in [2.45, 2.75) is 44.1 Å². The molecule has 2 atom stereocenters. The third kappa shape index (κ3) is 4.59. The minimum Gasteiger partial charge on any atom is -0.353 e. The Morgan fingerprint density at radius 3 is 2.78 bits per heavy atom. The number of piperidine rings is 1. The maximum Gasteiger partial charge on any atom is 0.194 e. The Kier molecular flexibility index (Phi) is 6.67. The van der Waals surface area contributed by atoms with E-state index in [0.717, 1.165) is 56.2 Å². The fourth-order valence-electron chi connectivity index (χ4n) is 3.80. The van der Waals surface area contributed by atoms with Gasteiger partial charge in [-0.15, -0.1) is 24.0 Å². The van der Waals surface area contributed by atoms with Crippen LogP contribution in [0.15, 0.2) is 35.6 Å². The normalized spacial score (nSPS) is 23.0. The number of H-pyrrole nitrogens is 1. The number of halogens is 2. The van der Waals surface area contributed by atoms with E-state index in [4.69, 9.17) is 0 Å². The first-order valence-corrected chi connectivity index (χ1v) is 9.42. The molecule has 1 saturated carbocycles. The Hall–Kier alpha value is -1.71. The summed E-state index contributed by atoms with van der Waals surface area (Å²) in [6.07, 6.45) is 4.59. The lowest BCUT2D eigenvalue weighted by atomic mass is 9.96. The molecule has 1 aliphatic carbocycles. The summed E-state index contributed by atoms with van der Waals surface area (Å²) in [4.78, 5) is 11.3. The average Bonchev–Trinajstić information content (AvgIpc) is 3.20. The van der Waals surface area contributed by atoms with Crippen molar-refractivity contribution in [1.29, 1.82) is 0 Å². The summed E-state index contributed by atoms with van der Waals surface area (Å²) in [6.45, 7) is 4.66. The second-order valence-electron chi connectivity index (χ2n) is 7.04. The monoisotopic (exact) mass is 484 g/mol. The topological polar surface area (TPSA) is 69.2 Å². The number of guanidine groups is 1. The van der Waals surface area contributed by atoms with E-state index in [1.807, 2.05) is 19.1 Å². The average molecular weight is 484 g/mol. The fourth-order valence-corrected chi connectivity index (χ4v) is 3.80. The molecule has 2 fully saturated rings. The third-order valence-corrected chi connectivity index (χ3v) is 5.33. The third-order valence-electron chi connectivity index (χ3n) is 5.33. The van der Waals surface area contributed by atoms with Crippen LogP contribution in [0.2, 0.25) is 0 Å². The van der Waals surface area contributed by atoms with Crippen molar-refractivity contribution in [2.75, 3.05) is 19.6 Å². The Morgan fingerprint density at radius 1 is 1.33 bits per heavy atom. The van der Waals surface area contributed by atoms with E-state index in [0.29, 0.717) is 5.92 Å². The van der Waals surface area contributed by atoms with E-state index < -0.39 is 0 Å². The molecule has 1 saturated heterocycles. The van der Waals surface area contributed by atoms with Gasteiger partial charge in [0, 0.05) is 37.5 Å². The summed E-state index contributed by atoms with van der Waals surface area (Å²) in [7, 11) is 0. The summed E-state index contributed by atoms with van der Waals surface area (Å²) < 4.78 is 14.0. The number of aliphatic imine (C=N–C) groups is 1. The van der Waals surface area contributed by atoms with Crippen LogP contribution in [0.25, 0.3) is 0 Å². The van der Waals surface area contributed by atoms with Crippen LogP contribution >= 0.6 is 24.0 Å². The highest BCUT2D eigenvalue weighted by atomic mass is 127. The molecule has 8 heteroatoms. The lowest BCUT2D eigenvalue weighted by Gasteiger charge is -2.33. The minimum absolute atomic E-state index is 0. The van der Waals surface area contributed by atoms with Crippen LogP contribution in [0, 0.1) is 5.82 Å². The number of nitrogens with zero attached hydrogens (tertiary/aromatic N) is 4. The van der Waals surface area contributed by atoms with Gasteiger partial charge >= 0.3 is 0 Å². The Labute approximate surface area is 176 Å². The number of hydrogen-bond donors (Lipinski definition) is 2. The summed E-state index contributed by atoms with van der Waals surface area (Å²) in [5.74, 6) is 2.50. The van der Waals surface area contributed by atoms with Gasteiger partial charge in [-0.05, 0) is 37.8 Å². The van der Waals surface area contributed by atoms with Gasteiger partial charge in [0.25, 0.3) is 0 Å². The molecule has 0 bridgehead atoms. The quantitative estimate of drug-likeness (QED) is 0.397. The van der Waals surface area contributed by atoms with E-state index in [2.05, 4.69) is 30.4 Å². The first-order chi connectivity index (χ1) is 12.8. The van der Waals surface area contributed by atoms with Crippen LogP contribution in [0.1, 0.15) is 49.4 Å². The maximum atomic E-state index is 14.0. The molecule has 1 aromatic heterocycles. The van der Waals surface area contributed by atoms with Gasteiger partial charge in [0.15, 0.2) is 5.96 Å². The second kappa shape index (κ2) is 8.99. The van der Waals surface area contributed by atoms with Crippen molar-refractivity contribution in [2.24, 2.45) is 4.99 Å². The van der Waals surface area contributed by atoms with Crippen molar-refractivity contribution in [3.05, 3.63) is 47.8 Å². The van der Waals surface area contributed by atoms with Gasteiger partial charge in [-0.2, -0.15) is 5.10 Å². The van der Waals surface area contributed by atoms with Crippen molar-refractivity contribution in [1.82, 2.24) is 25.4 Å². The van der Waals surface area contributed by atoms with E-state index in [-0.39, 0.29) is 41.8 Å². The molecule has 146 valence electrons. The number of aromatic nitrogens is 3. The molecule has 0 spiro atoms. The largest absolute Gasteiger partial charge is 0.353 e. The number of likely N-dealkylation sites (tertiary alicyclic amines) is 1. The van der Waals surface area contributed by atoms with Crippen molar-refractivity contribution < 1.29 is 4.39 Å². The molecule has 1 aliphatic heterocycles. The Balaban J connectivity index is 0.00000210. The first-order valence-electron chi connectivity index (χ1n) is 9.42. The zero-order valence-corrected chi connectivity index (χ0v) is 17.8. The highest BCUT2D eigenvalue weighted by Crippen LogP contribution is 2.42. The highest BCUT2D eigenvalue weighted by molar-refractivity contribution is 14.0. The smallest absolute Gasteiger partial charge is 0.194 e. The molecular formula is C19H26FIN6. The number of hydrogen-bond acceptors (Lipinski definition) is 3. The van der Waals surface area contributed by atoms with Gasteiger partial charge < -0.3 is 10.2 Å². The number of rotatable bonds is 4. The number of aromatic amines is 1. The molecular weight excluding hydrogens is 458 g/mol. The lowest BCUT2D eigenvalue weighted by Crippen LogP contribution is -2.46. The molecule has 2 heterocycles. The van der Waals surface area contributed by atoms with Crippen molar-refractivity contribution in [3.63, 3.8) is 0 Å². The number of benzene rings is 1. The van der Waals surface area contributed by atoms with Gasteiger partial charge in [0.05, 0.1) is 0 Å². The number of nitrogens with one attached hydrogen (secondary N) is 2. The van der Waals surface area contributed by atoms with Crippen molar-refractivity contribution >= 4 is 29.9 Å². The van der Waals surface area contributed by atoms with Crippen LogP contribution in [0.4, 0.5) is 4.39 Å². The molecule has 0 radical (unpaired) electrons. The predicted octanol–water partition coefficient (Wildman–Crippen LogP) is 3.26. The second-order valence-corrected chi connectivity index (χ2v) is 7.04. The predicted molar refractivity (Wildman–Crippen MR) is 114 cm³/mol. The molecule has 2 aromatic rings. The first kappa shape index (κ1) is 20.0. The van der Waals surface area contributed by atoms with E-state index >= 15 is 0 Å². The molecule has 1 aromatic carbocycles. The standard InChI is InChI=1S/C19H25FN6.HI/c1-2-21-19(24-17-11-15(17)14-5-3-4-6-16(14)20)26-9-7-13(8-10-26)18-22-12-23-25-18;/h3-6,12-13,15,17H,2,7-11H2,1H3,(H,21,24)(H,22,23,25);1H. The molecule has 6 nitrogen and oxygen atoms in total. The summed E-state index contributed by atoms with van der Waals surface area (Å²) in [6, 6.07) is 7.35. The molecule has 2 aliphatic rings. The fraction of sp³-hybridized carbons (Fsp3) is 0.526. The van der Waals surface area contributed by atoms with Crippen LogP contribution in [-0.4, -0.2) is 51.7 Å². The lowest BCUT2D eigenvalue weighted by molar-refractivity contribution is 0.298. The SMILES string of the molecule is CCN=C(NC1CC1c1ccccc1F)N1CCC(c2ncn[nH]2)CC1.I. The van der Waals surface area contributed by atoms with Gasteiger partial charge in [-0.1, -0.05) is 18.2 Å². The molecule has 4 rings (SSSR count). The molecule has 2 N–H and O–H groups in total. The molecule has 2 unspecified atom stereocenters. The van der Waals surface area contributed by atoms with E-state index in [1.54, 1.807) is 18.5 Å². The van der Waals surface area contributed by atoms with Crippen LogP contribution in [0.3, 0.4) is 0 Å². The maximum absolute atomic E-state index is 14.0. The zero-order chi connectivity index (χ0) is 17.9. The van der Waals surface area contributed by atoms with Crippen LogP contribution < -0.4 is 5.32 Å².